The molecule has 0 radical (unpaired) electrons. The van der Waals surface area contributed by atoms with Crippen LogP contribution in [0.5, 0.6) is 0 Å². The van der Waals surface area contributed by atoms with Gasteiger partial charge in [0.1, 0.15) is 11.5 Å². The summed E-state index contributed by atoms with van der Waals surface area (Å²) in [5.74, 6) is -0.258. The van der Waals surface area contributed by atoms with Crippen LogP contribution < -0.4 is 5.32 Å². The maximum atomic E-state index is 13.5. The van der Waals surface area contributed by atoms with E-state index < -0.39 is 0 Å². The Morgan fingerprint density at radius 2 is 1.74 bits per heavy atom. The van der Waals surface area contributed by atoms with Gasteiger partial charge in [0.15, 0.2) is 0 Å². The number of hydrogen-bond donors (Lipinski definition) is 3. The van der Waals surface area contributed by atoms with Crippen molar-refractivity contribution in [2.75, 3.05) is 5.32 Å². The van der Waals surface area contributed by atoms with Gasteiger partial charge >= 0.3 is 0 Å². The third-order valence-electron chi connectivity index (χ3n) is 6.75. The van der Waals surface area contributed by atoms with Crippen LogP contribution in [0.4, 0.5) is 10.1 Å². The van der Waals surface area contributed by atoms with E-state index >= 15 is 0 Å². The highest BCUT2D eigenvalue weighted by Crippen LogP contribution is 2.35. The third-order valence-corrected chi connectivity index (χ3v) is 6.75. The molecular formula is C31H26FN5O. The SMILES string of the molecule is CCCCC(=O)Nc1cncc(-c2ccc3[nH]nc(-c4cc5c(-c6ccc(F)cc6)cccc5[nH]4)c3c2)c1. The Kier molecular flexibility index (Phi) is 6.17. The predicted molar refractivity (Wildman–Crippen MR) is 150 cm³/mol. The monoisotopic (exact) mass is 503 g/mol. The number of carbonyl (C=O) groups is 1. The fraction of sp³-hybridized carbons (Fsp3) is 0.129. The number of hydrogen-bond acceptors (Lipinski definition) is 3. The van der Waals surface area contributed by atoms with Gasteiger partial charge in [0.05, 0.1) is 23.1 Å². The number of rotatable bonds is 7. The zero-order chi connectivity index (χ0) is 26.1. The number of carbonyl (C=O) groups excluding carboxylic acids is 1. The fourth-order valence-corrected chi connectivity index (χ4v) is 4.79. The first kappa shape index (κ1) is 23.6. The summed E-state index contributed by atoms with van der Waals surface area (Å²) >= 11 is 0. The molecule has 3 heterocycles. The molecule has 0 aliphatic rings. The number of anilines is 1. The van der Waals surface area contributed by atoms with Crippen LogP contribution in [0.2, 0.25) is 0 Å². The van der Waals surface area contributed by atoms with E-state index in [1.807, 2.05) is 36.4 Å². The molecule has 0 aliphatic carbocycles. The van der Waals surface area contributed by atoms with Crippen LogP contribution in [-0.4, -0.2) is 26.1 Å². The summed E-state index contributed by atoms with van der Waals surface area (Å²) in [6.07, 6.45) is 5.79. The lowest BCUT2D eigenvalue weighted by Gasteiger charge is -2.07. The summed E-state index contributed by atoms with van der Waals surface area (Å²) < 4.78 is 13.5. The van der Waals surface area contributed by atoms with Crippen LogP contribution in [0.3, 0.4) is 0 Å². The molecule has 0 atom stereocenters. The van der Waals surface area contributed by atoms with E-state index in [0.717, 1.165) is 68.3 Å². The molecule has 0 spiro atoms. The highest BCUT2D eigenvalue weighted by Gasteiger charge is 2.15. The van der Waals surface area contributed by atoms with Gasteiger partial charge in [0.2, 0.25) is 5.91 Å². The number of unbranched alkanes of at least 4 members (excludes halogenated alkanes) is 1. The van der Waals surface area contributed by atoms with Crippen molar-refractivity contribution in [3.8, 4) is 33.6 Å². The predicted octanol–water partition coefficient (Wildman–Crippen LogP) is 7.71. The molecule has 0 saturated heterocycles. The Labute approximate surface area is 218 Å². The Hall–Kier alpha value is -4.78. The van der Waals surface area contributed by atoms with Gasteiger partial charge in [-0.3, -0.25) is 14.9 Å². The zero-order valence-electron chi connectivity index (χ0n) is 20.9. The number of amides is 1. The van der Waals surface area contributed by atoms with E-state index in [9.17, 15) is 9.18 Å². The van der Waals surface area contributed by atoms with Gasteiger partial charge < -0.3 is 10.3 Å². The molecule has 3 N–H and O–H groups in total. The summed E-state index contributed by atoms with van der Waals surface area (Å²) in [4.78, 5) is 20.0. The second kappa shape index (κ2) is 9.94. The number of aromatic nitrogens is 4. The van der Waals surface area contributed by atoms with Crippen molar-refractivity contribution in [2.24, 2.45) is 0 Å². The lowest BCUT2D eigenvalue weighted by Crippen LogP contribution is -2.11. The highest BCUT2D eigenvalue weighted by atomic mass is 19.1. The van der Waals surface area contributed by atoms with Crippen LogP contribution in [0.25, 0.3) is 55.4 Å². The van der Waals surface area contributed by atoms with Gasteiger partial charge in [0.25, 0.3) is 0 Å². The second-order valence-electron chi connectivity index (χ2n) is 9.40. The van der Waals surface area contributed by atoms with Crippen LogP contribution in [0.1, 0.15) is 26.2 Å². The third kappa shape index (κ3) is 4.54. The standard InChI is InChI=1S/C31H26FN5O/c1-2-3-7-30(38)34-23-14-21(17-33-18-23)20-10-13-28-26(15-20)31(37-36-28)29-16-25-24(5-4-6-27(25)35-29)19-8-11-22(32)12-9-19/h4-6,8-18,35H,2-3,7H2,1H3,(H,34,38)(H,36,37). The van der Waals surface area contributed by atoms with Gasteiger partial charge in [-0.15, -0.1) is 0 Å². The number of benzene rings is 3. The topological polar surface area (TPSA) is 86.5 Å². The molecule has 188 valence electrons. The molecular weight excluding hydrogens is 477 g/mol. The Balaban J connectivity index is 1.37. The fourth-order valence-electron chi connectivity index (χ4n) is 4.79. The number of halogens is 1. The van der Waals surface area contributed by atoms with Crippen molar-refractivity contribution in [1.29, 1.82) is 0 Å². The molecule has 3 aromatic carbocycles. The van der Waals surface area contributed by atoms with E-state index in [2.05, 4.69) is 44.5 Å². The molecule has 6 aromatic rings. The molecule has 0 saturated carbocycles. The summed E-state index contributed by atoms with van der Waals surface area (Å²) in [7, 11) is 0. The van der Waals surface area contributed by atoms with Crippen molar-refractivity contribution in [1.82, 2.24) is 20.2 Å². The molecule has 3 aromatic heterocycles. The number of fused-ring (bicyclic) bond motifs is 2. The lowest BCUT2D eigenvalue weighted by molar-refractivity contribution is -0.116. The van der Waals surface area contributed by atoms with Gasteiger partial charge in [0, 0.05) is 34.5 Å². The Morgan fingerprint density at radius 1 is 0.895 bits per heavy atom. The van der Waals surface area contributed by atoms with E-state index in [4.69, 9.17) is 0 Å². The molecule has 6 rings (SSSR count). The Bertz CT molecular complexity index is 1770. The molecule has 6 nitrogen and oxygen atoms in total. The first-order valence-electron chi connectivity index (χ1n) is 12.7. The minimum Gasteiger partial charge on any atom is -0.353 e. The molecule has 0 aliphatic heterocycles. The average Bonchev–Trinajstić information content (AvgIpc) is 3.56. The van der Waals surface area contributed by atoms with Gasteiger partial charge in [-0.2, -0.15) is 5.10 Å². The minimum absolute atomic E-state index is 0.00260. The van der Waals surface area contributed by atoms with Crippen molar-refractivity contribution >= 4 is 33.4 Å². The number of aromatic amines is 2. The van der Waals surface area contributed by atoms with Crippen molar-refractivity contribution in [3.63, 3.8) is 0 Å². The number of pyridine rings is 1. The van der Waals surface area contributed by atoms with Crippen molar-refractivity contribution in [3.05, 3.63) is 91.0 Å². The van der Waals surface area contributed by atoms with Crippen molar-refractivity contribution in [2.45, 2.75) is 26.2 Å². The molecule has 0 fully saturated rings. The van der Waals surface area contributed by atoms with E-state index in [1.165, 1.54) is 12.1 Å². The summed E-state index contributed by atoms with van der Waals surface area (Å²) in [6, 6.07) is 22.7. The first-order valence-corrected chi connectivity index (χ1v) is 12.7. The second-order valence-corrected chi connectivity index (χ2v) is 9.40. The Morgan fingerprint density at radius 3 is 2.58 bits per heavy atom. The van der Waals surface area contributed by atoms with Gasteiger partial charge in [-0.25, -0.2) is 4.39 Å². The number of nitrogens with zero attached hydrogens (tertiary/aromatic N) is 2. The number of nitrogens with one attached hydrogen (secondary N) is 3. The van der Waals surface area contributed by atoms with E-state index in [-0.39, 0.29) is 11.7 Å². The smallest absolute Gasteiger partial charge is 0.224 e. The molecule has 0 bridgehead atoms. The molecule has 38 heavy (non-hydrogen) atoms. The maximum absolute atomic E-state index is 13.5. The maximum Gasteiger partial charge on any atom is 0.224 e. The molecule has 7 heteroatoms. The van der Waals surface area contributed by atoms with Gasteiger partial charge in [-0.05, 0) is 65.6 Å². The summed E-state index contributed by atoms with van der Waals surface area (Å²) in [5.41, 5.74) is 8.11. The highest BCUT2D eigenvalue weighted by molar-refractivity contribution is 6.02. The zero-order valence-corrected chi connectivity index (χ0v) is 20.9. The lowest BCUT2D eigenvalue weighted by atomic mass is 10.0. The van der Waals surface area contributed by atoms with Crippen molar-refractivity contribution < 1.29 is 9.18 Å². The van der Waals surface area contributed by atoms with Gasteiger partial charge in [-0.1, -0.05) is 43.7 Å². The largest absolute Gasteiger partial charge is 0.353 e. The average molecular weight is 504 g/mol. The first-order chi connectivity index (χ1) is 18.6. The normalized spacial score (nSPS) is 11.3. The van der Waals surface area contributed by atoms with Crippen LogP contribution in [-0.2, 0) is 4.79 Å². The molecule has 1 amide bonds. The summed E-state index contributed by atoms with van der Waals surface area (Å²) in [6.45, 7) is 2.07. The number of H-pyrrole nitrogens is 2. The van der Waals surface area contributed by atoms with Crippen LogP contribution in [0.15, 0.2) is 85.2 Å². The van der Waals surface area contributed by atoms with Crippen LogP contribution >= 0.6 is 0 Å². The minimum atomic E-state index is -0.255. The van der Waals surface area contributed by atoms with E-state index in [0.29, 0.717) is 12.1 Å². The molecule has 0 unspecified atom stereocenters. The summed E-state index contributed by atoms with van der Waals surface area (Å²) in [5, 5.41) is 12.7. The van der Waals surface area contributed by atoms with Crippen LogP contribution in [0, 0.1) is 5.82 Å². The van der Waals surface area contributed by atoms with E-state index in [1.54, 1.807) is 24.5 Å². The quantitative estimate of drug-likeness (QED) is 0.209.